The minimum atomic E-state index is -0.0936. The Labute approximate surface area is 259 Å². The fourth-order valence-corrected chi connectivity index (χ4v) is 8.03. The molecule has 0 bridgehead atoms. The predicted molar refractivity (Wildman–Crippen MR) is 185 cm³/mol. The first-order valence-electron chi connectivity index (χ1n) is 15.0. The summed E-state index contributed by atoms with van der Waals surface area (Å²) in [7, 11) is 0. The molecule has 1 aliphatic carbocycles. The van der Waals surface area contributed by atoms with Crippen molar-refractivity contribution in [1.29, 1.82) is 0 Å². The molecular formula is C40H28N2OS. The van der Waals surface area contributed by atoms with Gasteiger partial charge in [0.1, 0.15) is 5.52 Å². The van der Waals surface area contributed by atoms with E-state index in [1.165, 1.54) is 42.4 Å². The zero-order valence-corrected chi connectivity index (χ0v) is 25.2. The minimum absolute atomic E-state index is 0.0936. The van der Waals surface area contributed by atoms with Gasteiger partial charge in [-0.1, -0.05) is 86.6 Å². The lowest BCUT2D eigenvalue weighted by molar-refractivity contribution is 0.620. The molecule has 1 aliphatic rings. The van der Waals surface area contributed by atoms with Crippen LogP contribution in [0.5, 0.6) is 0 Å². The van der Waals surface area contributed by atoms with Crippen molar-refractivity contribution in [3.8, 4) is 22.6 Å². The SMILES string of the molecule is CC1(C)c2ccccc2-c2ccc(N(c3ccc4oc(-c5ccccc5)nc4c3)c3ccc4c(c3)sc3ccccc34)cc21. The van der Waals surface area contributed by atoms with Gasteiger partial charge in [-0.25, -0.2) is 4.98 Å². The van der Waals surface area contributed by atoms with Crippen LogP contribution in [0.15, 0.2) is 138 Å². The molecule has 0 aliphatic heterocycles. The molecule has 0 N–H and O–H groups in total. The van der Waals surface area contributed by atoms with Gasteiger partial charge in [-0.2, -0.15) is 0 Å². The van der Waals surface area contributed by atoms with Crippen LogP contribution in [0.4, 0.5) is 17.1 Å². The Morgan fingerprint density at radius 3 is 2.18 bits per heavy atom. The molecule has 210 valence electrons. The quantitative estimate of drug-likeness (QED) is 0.206. The van der Waals surface area contributed by atoms with E-state index < -0.39 is 0 Å². The molecule has 2 heterocycles. The van der Waals surface area contributed by atoms with Crippen LogP contribution in [0.1, 0.15) is 25.0 Å². The molecule has 6 aromatic carbocycles. The van der Waals surface area contributed by atoms with Crippen LogP contribution in [0.25, 0.3) is 53.9 Å². The first-order valence-corrected chi connectivity index (χ1v) is 15.8. The van der Waals surface area contributed by atoms with E-state index in [1.807, 2.05) is 47.7 Å². The molecule has 8 aromatic rings. The van der Waals surface area contributed by atoms with Crippen LogP contribution >= 0.6 is 11.3 Å². The van der Waals surface area contributed by atoms with E-state index in [4.69, 9.17) is 9.40 Å². The summed E-state index contributed by atoms with van der Waals surface area (Å²) in [6.45, 7) is 4.67. The standard InChI is InChI=1S/C40H28N2OS/c1-40(2)33-14-8-6-12-29(33)30-19-16-26(22-34(30)40)42(28-17-20-32-31-13-7-9-15-37(31)44-38(32)24-28)27-18-21-36-35(23-27)41-39(43-36)25-10-4-3-5-11-25/h3-24H,1-2H3. The molecule has 0 unspecified atom stereocenters. The molecule has 2 aromatic heterocycles. The molecule has 44 heavy (non-hydrogen) atoms. The Morgan fingerprint density at radius 1 is 0.591 bits per heavy atom. The highest BCUT2D eigenvalue weighted by Crippen LogP contribution is 2.51. The number of thiophene rings is 1. The Kier molecular flexibility index (Phi) is 5.41. The highest BCUT2D eigenvalue weighted by atomic mass is 32.1. The van der Waals surface area contributed by atoms with Crippen LogP contribution in [0.2, 0.25) is 0 Å². The van der Waals surface area contributed by atoms with Gasteiger partial charge in [-0.3, -0.25) is 0 Å². The normalized spacial score (nSPS) is 13.4. The molecule has 0 spiro atoms. The van der Waals surface area contributed by atoms with Gasteiger partial charge >= 0.3 is 0 Å². The van der Waals surface area contributed by atoms with Crippen molar-refractivity contribution in [2.24, 2.45) is 0 Å². The number of fused-ring (bicyclic) bond motifs is 7. The molecule has 0 saturated carbocycles. The van der Waals surface area contributed by atoms with Gasteiger partial charge in [0.05, 0.1) is 0 Å². The average molecular weight is 585 g/mol. The van der Waals surface area contributed by atoms with Crippen molar-refractivity contribution in [3.63, 3.8) is 0 Å². The summed E-state index contributed by atoms with van der Waals surface area (Å²) in [6, 6.07) is 47.7. The summed E-state index contributed by atoms with van der Waals surface area (Å²) in [5.74, 6) is 0.632. The van der Waals surface area contributed by atoms with Gasteiger partial charge in [-0.15, -0.1) is 11.3 Å². The van der Waals surface area contributed by atoms with Crippen molar-refractivity contribution in [2.75, 3.05) is 4.90 Å². The Balaban J connectivity index is 1.24. The molecule has 0 radical (unpaired) electrons. The molecule has 9 rings (SSSR count). The van der Waals surface area contributed by atoms with Crippen molar-refractivity contribution in [1.82, 2.24) is 4.98 Å². The predicted octanol–water partition coefficient (Wildman–Crippen LogP) is 11.6. The fraction of sp³-hybridized carbons (Fsp3) is 0.0750. The van der Waals surface area contributed by atoms with Gasteiger partial charge in [0.25, 0.3) is 0 Å². The van der Waals surface area contributed by atoms with Crippen LogP contribution < -0.4 is 4.90 Å². The van der Waals surface area contributed by atoms with Gasteiger partial charge in [0.2, 0.25) is 5.89 Å². The minimum Gasteiger partial charge on any atom is -0.436 e. The molecule has 0 saturated heterocycles. The number of hydrogen-bond donors (Lipinski definition) is 0. The number of hydrogen-bond acceptors (Lipinski definition) is 4. The summed E-state index contributed by atoms with van der Waals surface area (Å²) in [4.78, 5) is 7.27. The summed E-state index contributed by atoms with van der Waals surface area (Å²) in [6.07, 6.45) is 0. The van der Waals surface area contributed by atoms with E-state index in [2.05, 4.69) is 116 Å². The molecule has 0 fully saturated rings. The van der Waals surface area contributed by atoms with E-state index in [9.17, 15) is 0 Å². The molecule has 3 nitrogen and oxygen atoms in total. The highest BCUT2D eigenvalue weighted by Gasteiger charge is 2.35. The maximum Gasteiger partial charge on any atom is 0.227 e. The molecule has 0 atom stereocenters. The topological polar surface area (TPSA) is 29.3 Å². The van der Waals surface area contributed by atoms with Gasteiger partial charge in [-0.05, 0) is 82.9 Å². The van der Waals surface area contributed by atoms with E-state index in [0.29, 0.717) is 5.89 Å². The monoisotopic (exact) mass is 584 g/mol. The summed E-state index contributed by atoms with van der Waals surface area (Å²) < 4.78 is 8.77. The van der Waals surface area contributed by atoms with Gasteiger partial charge in [0, 0.05) is 48.2 Å². The van der Waals surface area contributed by atoms with E-state index >= 15 is 0 Å². The Morgan fingerprint density at radius 2 is 1.27 bits per heavy atom. The maximum atomic E-state index is 6.19. The van der Waals surface area contributed by atoms with Crippen molar-refractivity contribution >= 4 is 59.7 Å². The number of rotatable bonds is 4. The molecule has 4 heteroatoms. The Bertz CT molecular complexity index is 2380. The third kappa shape index (κ3) is 3.78. The van der Waals surface area contributed by atoms with Crippen molar-refractivity contribution in [2.45, 2.75) is 19.3 Å². The number of benzene rings is 6. The zero-order chi connectivity index (χ0) is 29.4. The first-order chi connectivity index (χ1) is 21.5. The van der Waals surface area contributed by atoms with Crippen molar-refractivity contribution in [3.05, 3.63) is 145 Å². The average Bonchev–Trinajstić information content (AvgIpc) is 3.72. The largest absolute Gasteiger partial charge is 0.436 e. The second kappa shape index (κ2) is 9.40. The van der Waals surface area contributed by atoms with Crippen LogP contribution in [0.3, 0.4) is 0 Å². The summed E-state index contributed by atoms with van der Waals surface area (Å²) in [5.41, 5.74) is 11.1. The van der Waals surface area contributed by atoms with Crippen LogP contribution in [0, 0.1) is 0 Å². The van der Waals surface area contributed by atoms with E-state index in [0.717, 1.165) is 33.7 Å². The summed E-state index contributed by atoms with van der Waals surface area (Å²) in [5, 5.41) is 2.60. The van der Waals surface area contributed by atoms with Gasteiger partial charge < -0.3 is 9.32 Å². The first kappa shape index (κ1) is 25.3. The van der Waals surface area contributed by atoms with Crippen LogP contribution in [-0.4, -0.2) is 4.98 Å². The molecule has 0 amide bonds. The highest BCUT2D eigenvalue weighted by molar-refractivity contribution is 7.25. The maximum absolute atomic E-state index is 6.19. The lowest BCUT2D eigenvalue weighted by Gasteiger charge is -2.28. The third-order valence-corrected chi connectivity index (χ3v) is 10.2. The molecular weight excluding hydrogens is 557 g/mol. The second-order valence-electron chi connectivity index (χ2n) is 12.1. The van der Waals surface area contributed by atoms with Crippen molar-refractivity contribution < 1.29 is 4.42 Å². The van der Waals surface area contributed by atoms with E-state index in [1.54, 1.807) is 0 Å². The van der Waals surface area contributed by atoms with Gasteiger partial charge in [0.15, 0.2) is 5.58 Å². The third-order valence-electron chi connectivity index (χ3n) is 9.10. The lowest BCUT2D eigenvalue weighted by Crippen LogP contribution is -2.16. The smallest absolute Gasteiger partial charge is 0.227 e. The fourth-order valence-electron chi connectivity index (χ4n) is 6.89. The Hall–Kier alpha value is -5.19. The number of oxazole rings is 1. The lowest BCUT2D eigenvalue weighted by atomic mass is 9.82. The second-order valence-corrected chi connectivity index (χ2v) is 13.1. The van der Waals surface area contributed by atoms with Crippen LogP contribution in [-0.2, 0) is 5.41 Å². The number of aromatic nitrogens is 1. The number of anilines is 3. The number of nitrogens with zero attached hydrogens (tertiary/aromatic N) is 2. The zero-order valence-electron chi connectivity index (χ0n) is 24.4. The van der Waals surface area contributed by atoms with E-state index in [-0.39, 0.29) is 5.41 Å². The summed E-state index contributed by atoms with van der Waals surface area (Å²) >= 11 is 1.84.